The van der Waals surface area contributed by atoms with Crippen LogP contribution in [0.25, 0.3) is 0 Å². The molecule has 20 heavy (non-hydrogen) atoms. The fraction of sp³-hybridized carbons (Fsp3) is 1.00. The molecular formula is C18H38N2. The Labute approximate surface area is 127 Å². The quantitative estimate of drug-likeness (QED) is 0.629. The number of nitrogens with zero attached hydrogens (tertiary/aromatic N) is 1. The van der Waals surface area contributed by atoms with Crippen molar-refractivity contribution in [1.29, 1.82) is 0 Å². The summed E-state index contributed by atoms with van der Waals surface area (Å²) in [7, 11) is 0. The van der Waals surface area contributed by atoms with E-state index in [0.29, 0.717) is 6.04 Å². The molecule has 0 saturated carbocycles. The molecule has 1 aliphatic rings. The minimum atomic E-state index is 0.716. The average molecular weight is 283 g/mol. The molecule has 0 aromatic heterocycles. The molecular weight excluding hydrogens is 244 g/mol. The van der Waals surface area contributed by atoms with E-state index >= 15 is 0 Å². The van der Waals surface area contributed by atoms with Gasteiger partial charge in [-0.15, -0.1) is 0 Å². The Kier molecular flexibility index (Phi) is 8.79. The maximum atomic E-state index is 3.77. The summed E-state index contributed by atoms with van der Waals surface area (Å²) in [6.07, 6.45) is 9.56. The highest BCUT2D eigenvalue weighted by Gasteiger charge is 2.31. The molecule has 0 aromatic rings. The molecule has 1 fully saturated rings. The molecule has 0 radical (unpaired) electrons. The molecule has 1 saturated heterocycles. The summed E-state index contributed by atoms with van der Waals surface area (Å²) in [6, 6.07) is 2.19. The molecule has 120 valence electrons. The van der Waals surface area contributed by atoms with Crippen LogP contribution in [0, 0.1) is 5.92 Å². The highest BCUT2D eigenvalue weighted by Crippen LogP contribution is 2.22. The first kappa shape index (κ1) is 18.0. The Hall–Kier alpha value is -0.0800. The van der Waals surface area contributed by atoms with Crippen LogP contribution in [0.15, 0.2) is 0 Å². The van der Waals surface area contributed by atoms with Crippen molar-refractivity contribution >= 4 is 0 Å². The molecule has 1 aliphatic heterocycles. The topological polar surface area (TPSA) is 15.3 Å². The maximum Gasteiger partial charge on any atom is 0.0247 e. The van der Waals surface area contributed by atoms with E-state index in [1.165, 1.54) is 58.0 Å². The Morgan fingerprint density at radius 3 is 2.40 bits per heavy atom. The normalized spacial score (nSPS) is 26.1. The number of piperazine rings is 1. The zero-order valence-electron chi connectivity index (χ0n) is 14.6. The minimum Gasteiger partial charge on any atom is -0.311 e. The number of unbranched alkanes of at least 4 members (excludes halogenated alkanes) is 3. The van der Waals surface area contributed by atoms with Crippen molar-refractivity contribution in [3.63, 3.8) is 0 Å². The van der Waals surface area contributed by atoms with E-state index in [1.54, 1.807) is 0 Å². The van der Waals surface area contributed by atoms with Crippen molar-refractivity contribution in [2.45, 2.75) is 97.7 Å². The summed E-state index contributed by atoms with van der Waals surface area (Å²) in [6.45, 7) is 14.2. The molecule has 0 spiro atoms. The molecule has 0 amide bonds. The number of hydrogen-bond donors (Lipinski definition) is 1. The van der Waals surface area contributed by atoms with Gasteiger partial charge in [0.25, 0.3) is 0 Å². The predicted octanol–water partition coefficient (Wildman–Crippen LogP) is 4.44. The van der Waals surface area contributed by atoms with Crippen molar-refractivity contribution in [3.8, 4) is 0 Å². The van der Waals surface area contributed by atoms with Crippen LogP contribution < -0.4 is 5.32 Å². The first-order valence-corrected chi connectivity index (χ1v) is 9.09. The summed E-state index contributed by atoms with van der Waals surface area (Å²) in [5.74, 6) is 0.753. The molecule has 3 atom stereocenters. The van der Waals surface area contributed by atoms with Gasteiger partial charge in [0, 0.05) is 31.2 Å². The van der Waals surface area contributed by atoms with Crippen molar-refractivity contribution < 1.29 is 0 Å². The Balaban J connectivity index is 2.49. The van der Waals surface area contributed by atoms with Crippen molar-refractivity contribution in [2.24, 2.45) is 5.92 Å². The first-order valence-electron chi connectivity index (χ1n) is 9.09. The smallest absolute Gasteiger partial charge is 0.0247 e. The maximum absolute atomic E-state index is 3.77. The minimum absolute atomic E-state index is 0.716. The van der Waals surface area contributed by atoms with Crippen LogP contribution in [0.3, 0.4) is 0 Å². The Bertz CT molecular complexity index is 240. The van der Waals surface area contributed by atoms with Gasteiger partial charge in [0.15, 0.2) is 0 Å². The van der Waals surface area contributed by atoms with Gasteiger partial charge in [-0.2, -0.15) is 0 Å². The van der Waals surface area contributed by atoms with Crippen LogP contribution >= 0.6 is 0 Å². The van der Waals surface area contributed by atoms with Crippen molar-refractivity contribution in [1.82, 2.24) is 10.2 Å². The fourth-order valence-corrected chi connectivity index (χ4v) is 3.56. The lowest BCUT2D eigenvalue weighted by molar-refractivity contribution is 0.0557. The molecule has 1 N–H and O–H groups in total. The standard InChI is InChI=1S/C18H38N2/c1-6-8-9-10-12-16(5)20-14-17(11-7-2)19-13-18(20)15(3)4/h15-19H,6-14H2,1-5H3. The first-order chi connectivity index (χ1) is 9.60. The Morgan fingerprint density at radius 1 is 1.05 bits per heavy atom. The van der Waals surface area contributed by atoms with E-state index in [1.807, 2.05) is 0 Å². The van der Waals surface area contributed by atoms with Crippen LogP contribution in [0.1, 0.15) is 79.6 Å². The van der Waals surface area contributed by atoms with Gasteiger partial charge in [-0.3, -0.25) is 4.90 Å². The van der Waals surface area contributed by atoms with Gasteiger partial charge >= 0.3 is 0 Å². The van der Waals surface area contributed by atoms with Gasteiger partial charge in [0.1, 0.15) is 0 Å². The molecule has 1 heterocycles. The Morgan fingerprint density at radius 2 is 1.80 bits per heavy atom. The number of rotatable bonds is 9. The van der Waals surface area contributed by atoms with Crippen LogP contribution in [0.4, 0.5) is 0 Å². The predicted molar refractivity (Wildman–Crippen MR) is 90.3 cm³/mol. The van der Waals surface area contributed by atoms with Crippen LogP contribution in [-0.4, -0.2) is 36.1 Å². The SMILES string of the molecule is CCCCCCC(C)N1CC(CCC)NCC1C(C)C. The van der Waals surface area contributed by atoms with E-state index < -0.39 is 0 Å². The summed E-state index contributed by atoms with van der Waals surface area (Å²) in [4.78, 5) is 2.81. The second kappa shape index (κ2) is 9.78. The summed E-state index contributed by atoms with van der Waals surface area (Å²) < 4.78 is 0. The molecule has 0 aromatic carbocycles. The third-order valence-electron chi connectivity index (χ3n) is 4.92. The zero-order chi connectivity index (χ0) is 15.0. The van der Waals surface area contributed by atoms with Crippen molar-refractivity contribution in [2.75, 3.05) is 13.1 Å². The third kappa shape index (κ3) is 5.73. The van der Waals surface area contributed by atoms with Gasteiger partial charge in [0.2, 0.25) is 0 Å². The molecule has 1 rings (SSSR count). The lowest BCUT2D eigenvalue weighted by atomic mass is 9.94. The second-order valence-electron chi connectivity index (χ2n) is 7.10. The molecule has 3 unspecified atom stereocenters. The van der Waals surface area contributed by atoms with E-state index in [-0.39, 0.29) is 0 Å². The van der Waals surface area contributed by atoms with Gasteiger partial charge < -0.3 is 5.32 Å². The van der Waals surface area contributed by atoms with E-state index in [4.69, 9.17) is 0 Å². The third-order valence-corrected chi connectivity index (χ3v) is 4.92. The van der Waals surface area contributed by atoms with Crippen LogP contribution in [-0.2, 0) is 0 Å². The number of nitrogens with one attached hydrogen (secondary N) is 1. The largest absolute Gasteiger partial charge is 0.311 e. The summed E-state index contributed by atoms with van der Waals surface area (Å²) >= 11 is 0. The van der Waals surface area contributed by atoms with Gasteiger partial charge in [-0.05, 0) is 25.7 Å². The average Bonchev–Trinajstić information content (AvgIpc) is 2.43. The lowest BCUT2D eigenvalue weighted by Crippen LogP contribution is -2.60. The van der Waals surface area contributed by atoms with Crippen molar-refractivity contribution in [3.05, 3.63) is 0 Å². The van der Waals surface area contributed by atoms with Crippen LogP contribution in [0.5, 0.6) is 0 Å². The number of hydrogen-bond acceptors (Lipinski definition) is 2. The molecule has 0 bridgehead atoms. The molecule has 0 aliphatic carbocycles. The molecule has 2 heteroatoms. The highest BCUT2D eigenvalue weighted by molar-refractivity contribution is 4.90. The zero-order valence-corrected chi connectivity index (χ0v) is 14.6. The fourth-order valence-electron chi connectivity index (χ4n) is 3.56. The second-order valence-corrected chi connectivity index (χ2v) is 7.10. The van der Waals surface area contributed by atoms with Crippen LogP contribution in [0.2, 0.25) is 0 Å². The molecule has 2 nitrogen and oxygen atoms in total. The van der Waals surface area contributed by atoms with E-state index in [0.717, 1.165) is 18.0 Å². The highest BCUT2D eigenvalue weighted by atomic mass is 15.3. The summed E-state index contributed by atoms with van der Waals surface area (Å²) in [5, 5.41) is 3.77. The van der Waals surface area contributed by atoms with E-state index in [9.17, 15) is 0 Å². The van der Waals surface area contributed by atoms with Gasteiger partial charge in [-0.25, -0.2) is 0 Å². The van der Waals surface area contributed by atoms with E-state index in [2.05, 4.69) is 44.8 Å². The van der Waals surface area contributed by atoms with Gasteiger partial charge in [-0.1, -0.05) is 59.8 Å². The monoisotopic (exact) mass is 282 g/mol. The lowest BCUT2D eigenvalue weighted by Gasteiger charge is -2.45. The van der Waals surface area contributed by atoms with Gasteiger partial charge in [0.05, 0.1) is 0 Å². The summed E-state index contributed by atoms with van der Waals surface area (Å²) in [5.41, 5.74) is 0.